The van der Waals surface area contributed by atoms with Crippen molar-refractivity contribution < 1.29 is 23.1 Å². The highest BCUT2D eigenvalue weighted by molar-refractivity contribution is 7.92. The molecule has 2 atom stereocenters. The number of halogens is 1. The van der Waals surface area contributed by atoms with Crippen molar-refractivity contribution in [1.29, 1.82) is 0 Å². The fourth-order valence-corrected chi connectivity index (χ4v) is 5.18. The molecule has 1 saturated carbocycles. The van der Waals surface area contributed by atoms with Gasteiger partial charge in [-0.25, -0.2) is 8.42 Å². The lowest BCUT2D eigenvalue weighted by atomic mass is 9.95. The monoisotopic (exact) mass is 432 g/mol. The standard InChI is InChI=1S/C19H28N2O5S.ClH/c1-27(24,25)19(10-12-20-13-11-19)18(23)21-14-6-8-15(9-7-14)26-17-5-3-2-4-16(17)22;/h6-9,16-17,20,22H,2-5,10-13H2,1H3,(H,21,23);1H. The van der Waals surface area contributed by atoms with Crippen LogP contribution in [0.5, 0.6) is 5.75 Å². The van der Waals surface area contributed by atoms with E-state index >= 15 is 0 Å². The van der Waals surface area contributed by atoms with Crippen molar-refractivity contribution in [2.75, 3.05) is 24.7 Å². The molecule has 9 heteroatoms. The summed E-state index contributed by atoms with van der Waals surface area (Å²) in [6.45, 7) is 0.994. The van der Waals surface area contributed by atoms with Crippen LogP contribution in [-0.2, 0) is 14.6 Å². The number of amides is 1. The average molecular weight is 433 g/mol. The number of benzene rings is 1. The summed E-state index contributed by atoms with van der Waals surface area (Å²) in [6.07, 6.45) is 4.63. The summed E-state index contributed by atoms with van der Waals surface area (Å²) in [7, 11) is -3.54. The number of aliphatic hydroxyl groups is 1. The number of sulfone groups is 1. The van der Waals surface area contributed by atoms with E-state index in [-0.39, 0.29) is 31.4 Å². The van der Waals surface area contributed by atoms with Crippen LogP contribution in [0.4, 0.5) is 5.69 Å². The van der Waals surface area contributed by atoms with Crippen LogP contribution in [0.2, 0.25) is 0 Å². The predicted molar refractivity (Wildman–Crippen MR) is 111 cm³/mol. The zero-order valence-corrected chi connectivity index (χ0v) is 17.7. The highest BCUT2D eigenvalue weighted by Gasteiger charge is 2.48. The van der Waals surface area contributed by atoms with E-state index in [1.165, 1.54) is 0 Å². The molecule has 28 heavy (non-hydrogen) atoms. The second-order valence-corrected chi connectivity index (χ2v) is 9.83. The van der Waals surface area contributed by atoms with Crippen LogP contribution in [0.25, 0.3) is 0 Å². The number of piperidine rings is 1. The van der Waals surface area contributed by atoms with Gasteiger partial charge in [-0.2, -0.15) is 0 Å². The first-order valence-electron chi connectivity index (χ1n) is 9.48. The number of carbonyl (C=O) groups excluding carboxylic acids is 1. The maximum Gasteiger partial charge on any atom is 0.245 e. The van der Waals surface area contributed by atoms with Gasteiger partial charge in [-0.15, -0.1) is 12.4 Å². The molecule has 7 nitrogen and oxygen atoms in total. The molecule has 1 aromatic carbocycles. The number of ether oxygens (including phenoxy) is 1. The van der Waals surface area contributed by atoms with Gasteiger partial charge < -0.3 is 20.5 Å². The zero-order valence-electron chi connectivity index (χ0n) is 16.0. The molecule has 0 bridgehead atoms. The van der Waals surface area contributed by atoms with Gasteiger partial charge >= 0.3 is 0 Å². The first-order chi connectivity index (χ1) is 12.8. The molecular formula is C19H29ClN2O5S. The van der Waals surface area contributed by atoms with Gasteiger partial charge in [-0.3, -0.25) is 4.79 Å². The Balaban J connectivity index is 0.00000280. The summed E-state index contributed by atoms with van der Waals surface area (Å²) >= 11 is 0. The van der Waals surface area contributed by atoms with Crippen molar-refractivity contribution in [1.82, 2.24) is 5.32 Å². The Labute approximate surface area is 172 Å². The Morgan fingerprint density at radius 1 is 1.18 bits per heavy atom. The van der Waals surface area contributed by atoms with Crippen LogP contribution in [0.1, 0.15) is 38.5 Å². The molecule has 0 spiro atoms. The molecule has 2 aliphatic rings. The Hall–Kier alpha value is -1.35. The van der Waals surface area contributed by atoms with Gasteiger partial charge in [0.05, 0.1) is 6.10 Å². The van der Waals surface area contributed by atoms with Crippen LogP contribution in [0.15, 0.2) is 24.3 Å². The van der Waals surface area contributed by atoms with Gasteiger partial charge in [0.1, 0.15) is 11.9 Å². The van der Waals surface area contributed by atoms with Crippen LogP contribution >= 0.6 is 12.4 Å². The number of hydrogen-bond donors (Lipinski definition) is 3. The summed E-state index contributed by atoms with van der Waals surface area (Å²) in [5.74, 6) is 0.140. The van der Waals surface area contributed by atoms with Crippen molar-refractivity contribution in [3.63, 3.8) is 0 Å². The minimum absolute atomic E-state index is 0. The predicted octanol–water partition coefficient (Wildman–Crippen LogP) is 1.90. The molecule has 0 aromatic heterocycles. The molecule has 3 rings (SSSR count). The molecule has 2 fully saturated rings. The van der Waals surface area contributed by atoms with Crippen molar-refractivity contribution in [2.24, 2.45) is 0 Å². The minimum atomic E-state index is -3.54. The molecule has 1 aromatic rings. The van der Waals surface area contributed by atoms with E-state index in [0.29, 0.717) is 24.5 Å². The van der Waals surface area contributed by atoms with E-state index in [1.54, 1.807) is 24.3 Å². The van der Waals surface area contributed by atoms with E-state index < -0.39 is 26.6 Å². The van der Waals surface area contributed by atoms with Gasteiger partial charge in [0.2, 0.25) is 5.91 Å². The Morgan fingerprint density at radius 3 is 2.36 bits per heavy atom. The van der Waals surface area contributed by atoms with Crippen LogP contribution in [-0.4, -0.2) is 55.7 Å². The minimum Gasteiger partial charge on any atom is -0.488 e. The number of nitrogens with one attached hydrogen (secondary N) is 2. The molecule has 1 heterocycles. The third-order valence-corrected chi connectivity index (χ3v) is 7.62. The fourth-order valence-electron chi connectivity index (χ4n) is 3.85. The normalized spacial score (nSPS) is 24.6. The van der Waals surface area contributed by atoms with Gasteiger partial charge in [-0.05, 0) is 69.5 Å². The Kier molecular flexibility index (Phi) is 7.73. The molecule has 1 saturated heterocycles. The lowest BCUT2D eigenvalue weighted by molar-refractivity contribution is -0.119. The number of aliphatic hydroxyl groups excluding tert-OH is 1. The number of carbonyl (C=O) groups is 1. The SMILES string of the molecule is CS(=O)(=O)C1(C(=O)Nc2ccc(OC3CCCCC3O)cc2)CCNCC1.Cl. The molecule has 1 amide bonds. The summed E-state index contributed by atoms with van der Waals surface area (Å²) in [5, 5.41) is 15.9. The number of anilines is 1. The lowest BCUT2D eigenvalue weighted by Crippen LogP contribution is -2.55. The molecule has 2 unspecified atom stereocenters. The lowest BCUT2D eigenvalue weighted by Gasteiger charge is -2.34. The smallest absolute Gasteiger partial charge is 0.245 e. The molecule has 1 aliphatic heterocycles. The van der Waals surface area contributed by atoms with Crippen molar-refractivity contribution in [2.45, 2.75) is 55.5 Å². The van der Waals surface area contributed by atoms with Gasteiger partial charge in [0.25, 0.3) is 0 Å². The summed E-state index contributed by atoms with van der Waals surface area (Å²) in [6, 6.07) is 6.85. The van der Waals surface area contributed by atoms with E-state index in [1.807, 2.05) is 0 Å². The maximum absolute atomic E-state index is 12.8. The first kappa shape index (κ1) is 22.9. The van der Waals surface area contributed by atoms with Crippen molar-refractivity contribution in [3.8, 4) is 5.75 Å². The summed E-state index contributed by atoms with van der Waals surface area (Å²) in [4.78, 5) is 12.8. The fraction of sp³-hybridized carbons (Fsp3) is 0.632. The highest BCUT2D eigenvalue weighted by Crippen LogP contribution is 2.30. The van der Waals surface area contributed by atoms with Gasteiger partial charge in [0, 0.05) is 11.9 Å². The topological polar surface area (TPSA) is 105 Å². The quantitative estimate of drug-likeness (QED) is 0.656. The molecule has 158 valence electrons. The second-order valence-electron chi connectivity index (χ2n) is 7.50. The van der Waals surface area contributed by atoms with Crippen LogP contribution < -0.4 is 15.4 Å². The van der Waals surface area contributed by atoms with Crippen molar-refractivity contribution in [3.05, 3.63) is 24.3 Å². The van der Waals surface area contributed by atoms with E-state index in [4.69, 9.17) is 4.74 Å². The van der Waals surface area contributed by atoms with Gasteiger partial charge in [-0.1, -0.05) is 6.42 Å². The summed E-state index contributed by atoms with van der Waals surface area (Å²) in [5.41, 5.74) is 0.526. The first-order valence-corrected chi connectivity index (χ1v) is 11.4. The molecule has 0 radical (unpaired) electrons. The average Bonchev–Trinajstić information content (AvgIpc) is 2.65. The van der Waals surface area contributed by atoms with Gasteiger partial charge in [0.15, 0.2) is 14.6 Å². The van der Waals surface area contributed by atoms with E-state index in [2.05, 4.69) is 10.6 Å². The summed E-state index contributed by atoms with van der Waals surface area (Å²) < 4.78 is 29.1. The zero-order chi connectivity index (χ0) is 19.5. The molecule has 3 N–H and O–H groups in total. The third-order valence-electron chi connectivity index (χ3n) is 5.60. The van der Waals surface area contributed by atoms with E-state index in [9.17, 15) is 18.3 Å². The third kappa shape index (κ3) is 4.97. The van der Waals surface area contributed by atoms with Crippen LogP contribution in [0, 0.1) is 0 Å². The van der Waals surface area contributed by atoms with E-state index in [0.717, 1.165) is 31.9 Å². The molecule has 1 aliphatic carbocycles. The van der Waals surface area contributed by atoms with Crippen LogP contribution in [0.3, 0.4) is 0 Å². The highest BCUT2D eigenvalue weighted by atomic mass is 35.5. The molecular weight excluding hydrogens is 404 g/mol. The number of hydrogen-bond acceptors (Lipinski definition) is 6. The maximum atomic E-state index is 12.8. The Bertz CT molecular complexity index is 763. The number of rotatable bonds is 5. The second kappa shape index (κ2) is 9.43. The largest absolute Gasteiger partial charge is 0.488 e. The van der Waals surface area contributed by atoms with Crippen molar-refractivity contribution >= 4 is 33.8 Å². The Morgan fingerprint density at radius 2 is 1.79 bits per heavy atom.